The van der Waals surface area contributed by atoms with E-state index in [2.05, 4.69) is 20.6 Å². The van der Waals surface area contributed by atoms with Gasteiger partial charge in [0, 0.05) is 18.4 Å². The molecule has 0 bridgehead atoms. The third-order valence-corrected chi connectivity index (χ3v) is 3.72. The van der Waals surface area contributed by atoms with Gasteiger partial charge in [0.2, 0.25) is 5.95 Å². The molecule has 0 aliphatic heterocycles. The molecule has 0 aliphatic rings. The predicted molar refractivity (Wildman–Crippen MR) is 95.2 cm³/mol. The van der Waals surface area contributed by atoms with E-state index in [0.29, 0.717) is 6.54 Å². The zero-order chi connectivity index (χ0) is 20.1. The topological polar surface area (TPSA) is 66.9 Å². The zero-order valence-electron chi connectivity index (χ0n) is 14.3. The van der Waals surface area contributed by atoms with Crippen LogP contribution in [0.15, 0.2) is 60.8 Å². The Balaban J connectivity index is 1.64. The van der Waals surface area contributed by atoms with E-state index >= 15 is 0 Å². The van der Waals surface area contributed by atoms with Crippen molar-refractivity contribution in [3.63, 3.8) is 0 Å². The van der Waals surface area contributed by atoms with Gasteiger partial charge < -0.3 is 10.6 Å². The van der Waals surface area contributed by atoms with E-state index in [-0.39, 0.29) is 23.1 Å². The molecule has 0 spiro atoms. The van der Waals surface area contributed by atoms with Crippen molar-refractivity contribution in [2.45, 2.75) is 12.7 Å². The number of halogens is 4. The minimum absolute atomic E-state index is 0.0384. The summed E-state index contributed by atoms with van der Waals surface area (Å²) >= 11 is 0. The quantitative estimate of drug-likeness (QED) is 0.630. The third kappa shape index (κ3) is 5.03. The summed E-state index contributed by atoms with van der Waals surface area (Å²) in [6.07, 6.45) is -3.07. The number of alkyl halides is 3. The maximum Gasteiger partial charge on any atom is 0.416 e. The van der Waals surface area contributed by atoms with E-state index in [0.717, 1.165) is 29.8 Å². The highest BCUT2D eigenvalue weighted by molar-refractivity contribution is 6.02. The lowest BCUT2D eigenvalue weighted by atomic mass is 10.2. The van der Waals surface area contributed by atoms with Gasteiger partial charge in [0.05, 0.1) is 5.56 Å². The Hall–Kier alpha value is -3.49. The van der Waals surface area contributed by atoms with Crippen molar-refractivity contribution in [1.82, 2.24) is 9.97 Å². The molecule has 2 aromatic carbocycles. The summed E-state index contributed by atoms with van der Waals surface area (Å²) in [5.41, 5.74) is 0.235. The van der Waals surface area contributed by atoms with Gasteiger partial charge in [-0.2, -0.15) is 13.2 Å². The first kappa shape index (κ1) is 19.3. The third-order valence-electron chi connectivity index (χ3n) is 3.72. The number of anilines is 2. The number of hydrogen-bond donors (Lipinski definition) is 2. The number of nitrogens with zero attached hydrogens (tertiary/aromatic N) is 2. The van der Waals surface area contributed by atoms with Crippen LogP contribution in [0.4, 0.5) is 29.2 Å². The number of amides is 1. The van der Waals surface area contributed by atoms with Gasteiger partial charge in [-0.15, -0.1) is 0 Å². The van der Waals surface area contributed by atoms with Crippen LogP contribution in [-0.2, 0) is 12.7 Å². The van der Waals surface area contributed by atoms with Gasteiger partial charge in [0.15, 0.2) is 0 Å². The van der Waals surface area contributed by atoms with Crippen LogP contribution in [0.1, 0.15) is 21.6 Å². The van der Waals surface area contributed by atoms with Crippen LogP contribution in [-0.4, -0.2) is 15.9 Å². The van der Waals surface area contributed by atoms with Crippen LogP contribution in [0.5, 0.6) is 0 Å². The molecule has 1 aromatic heterocycles. The van der Waals surface area contributed by atoms with Crippen LogP contribution in [0.25, 0.3) is 0 Å². The molecule has 2 N–H and O–H groups in total. The lowest BCUT2D eigenvalue weighted by Gasteiger charge is -2.09. The molecule has 3 aromatic rings. The second-order valence-electron chi connectivity index (χ2n) is 5.77. The van der Waals surface area contributed by atoms with Gasteiger partial charge in [-0.3, -0.25) is 4.79 Å². The normalized spacial score (nSPS) is 11.1. The van der Waals surface area contributed by atoms with Gasteiger partial charge in [-0.05, 0) is 48.0 Å². The average Bonchev–Trinajstić information content (AvgIpc) is 2.67. The van der Waals surface area contributed by atoms with Crippen LogP contribution < -0.4 is 10.6 Å². The highest BCUT2D eigenvalue weighted by Gasteiger charge is 2.30. The first-order valence-electron chi connectivity index (χ1n) is 8.11. The van der Waals surface area contributed by atoms with Crippen molar-refractivity contribution in [2.24, 2.45) is 0 Å². The Morgan fingerprint density at radius 2 is 1.64 bits per heavy atom. The van der Waals surface area contributed by atoms with E-state index in [1.54, 1.807) is 12.1 Å². The molecule has 0 aliphatic carbocycles. The van der Waals surface area contributed by atoms with Gasteiger partial charge in [0.1, 0.15) is 11.5 Å². The Morgan fingerprint density at radius 1 is 0.964 bits per heavy atom. The first-order chi connectivity index (χ1) is 13.3. The zero-order valence-corrected chi connectivity index (χ0v) is 14.3. The van der Waals surface area contributed by atoms with E-state index in [1.165, 1.54) is 24.4 Å². The summed E-state index contributed by atoms with van der Waals surface area (Å²) in [5, 5.41) is 5.39. The largest absolute Gasteiger partial charge is 0.416 e. The molecule has 0 saturated heterocycles. The molecule has 0 saturated carbocycles. The molecular formula is C19H14F4N4O. The van der Waals surface area contributed by atoms with E-state index in [9.17, 15) is 22.4 Å². The monoisotopic (exact) mass is 390 g/mol. The van der Waals surface area contributed by atoms with Crippen molar-refractivity contribution < 1.29 is 22.4 Å². The Labute approximate surface area is 157 Å². The number of carbonyl (C=O) groups is 1. The predicted octanol–water partition coefficient (Wildman–Crippen LogP) is 4.50. The van der Waals surface area contributed by atoms with Gasteiger partial charge >= 0.3 is 6.18 Å². The Morgan fingerprint density at radius 3 is 2.29 bits per heavy atom. The number of benzene rings is 2. The van der Waals surface area contributed by atoms with Gasteiger partial charge in [0.25, 0.3) is 5.91 Å². The fourth-order valence-electron chi connectivity index (χ4n) is 2.29. The van der Waals surface area contributed by atoms with Gasteiger partial charge in [-0.1, -0.05) is 12.1 Å². The minimum atomic E-state index is -4.44. The van der Waals surface area contributed by atoms with Crippen LogP contribution in [0.3, 0.4) is 0 Å². The van der Waals surface area contributed by atoms with E-state index < -0.39 is 17.6 Å². The molecule has 0 fully saturated rings. The van der Waals surface area contributed by atoms with Crippen molar-refractivity contribution in [1.29, 1.82) is 0 Å². The van der Waals surface area contributed by atoms with E-state index in [1.807, 2.05) is 0 Å². The molecular weight excluding hydrogens is 376 g/mol. The summed E-state index contributed by atoms with van der Waals surface area (Å²) in [6, 6.07) is 11.3. The first-order valence-corrected chi connectivity index (χ1v) is 8.11. The molecule has 0 unspecified atom stereocenters. The molecule has 0 radical (unpaired) electrons. The minimum Gasteiger partial charge on any atom is -0.350 e. The standard InChI is InChI=1S/C19H14F4N4O/c20-14-5-1-12(2-6-14)11-25-18-24-10-9-16(27-18)17(28)26-15-7-3-13(4-8-15)19(21,22)23/h1-10H,11H2,(H,26,28)(H,24,25,27). The summed E-state index contributed by atoms with van der Waals surface area (Å²) in [6.45, 7) is 0.324. The van der Waals surface area contributed by atoms with Crippen molar-refractivity contribution in [3.05, 3.63) is 83.4 Å². The van der Waals surface area contributed by atoms with Crippen molar-refractivity contribution in [3.8, 4) is 0 Å². The second kappa shape index (κ2) is 8.03. The van der Waals surface area contributed by atoms with E-state index in [4.69, 9.17) is 0 Å². The maximum absolute atomic E-state index is 12.9. The van der Waals surface area contributed by atoms with Crippen molar-refractivity contribution in [2.75, 3.05) is 10.6 Å². The molecule has 28 heavy (non-hydrogen) atoms. The highest BCUT2D eigenvalue weighted by Crippen LogP contribution is 2.29. The average molecular weight is 390 g/mol. The molecule has 5 nitrogen and oxygen atoms in total. The Bertz CT molecular complexity index is 957. The Kier molecular flexibility index (Phi) is 5.53. The molecule has 9 heteroatoms. The molecule has 0 atom stereocenters. The number of rotatable bonds is 5. The summed E-state index contributed by atoms with van der Waals surface area (Å²) < 4.78 is 50.6. The van der Waals surface area contributed by atoms with Crippen molar-refractivity contribution >= 4 is 17.5 Å². The van der Waals surface area contributed by atoms with Crippen LogP contribution >= 0.6 is 0 Å². The summed E-state index contributed by atoms with van der Waals surface area (Å²) in [7, 11) is 0. The molecule has 1 heterocycles. The van der Waals surface area contributed by atoms with Crippen LogP contribution in [0.2, 0.25) is 0 Å². The maximum atomic E-state index is 12.9. The number of hydrogen-bond acceptors (Lipinski definition) is 4. The fraction of sp³-hybridized carbons (Fsp3) is 0.105. The molecule has 3 rings (SSSR count). The lowest BCUT2D eigenvalue weighted by molar-refractivity contribution is -0.137. The SMILES string of the molecule is O=C(Nc1ccc(C(F)(F)F)cc1)c1ccnc(NCc2ccc(F)cc2)n1. The number of aromatic nitrogens is 2. The smallest absolute Gasteiger partial charge is 0.350 e. The second-order valence-corrected chi connectivity index (χ2v) is 5.77. The summed E-state index contributed by atoms with van der Waals surface area (Å²) in [4.78, 5) is 20.3. The highest BCUT2D eigenvalue weighted by atomic mass is 19.4. The van der Waals surface area contributed by atoms with Crippen LogP contribution in [0, 0.1) is 5.82 Å². The number of carbonyl (C=O) groups excluding carboxylic acids is 1. The molecule has 1 amide bonds. The lowest BCUT2D eigenvalue weighted by Crippen LogP contribution is -2.15. The summed E-state index contributed by atoms with van der Waals surface area (Å²) in [5.74, 6) is -0.752. The number of nitrogens with one attached hydrogen (secondary N) is 2. The molecule has 144 valence electrons. The fourth-order valence-corrected chi connectivity index (χ4v) is 2.29. The van der Waals surface area contributed by atoms with Gasteiger partial charge in [-0.25, -0.2) is 14.4 Å².